The highest BCUT2D eigenvalue weighted by Gasteiger charge is 2.88. The van der Waals surface area contributed by atoms with Crippen molar-refractivity contribution in [2.24, 2.45) is 0 Å². The van der Waals surface area contributed by atoms with Gasteiger partial charge in [0.05, 0.1) is 0 Å². The SMILES string of the molecule is FC(F)=C(F)C(F)(F)OC(F)(F)C(F)(F)C(F)(F)C(F)(F)C(F)(F)F. The maximum Gasteiger partial charge on any atom is 0.460 e. The monoisotopic (exact) mass is 416 g/mol. The molecule has 0 atom stereocenters. The molecule has 1 nitrogen and oxygen atoms in total. The van der Waals surface area contributed by atoms with Crippen LogP contribution in [0.3, 0.4) is 0 Å². The topological polar surface area (TPSA) is 9.23 Å². The molecule has 0 saturated carbocycles. The zero-order chi connectivity index (χ0) is 20.9. The molecule has 0 aliphatic rings. The summed E-state index contributed by atoms with van der Waals surface area (Å²) in [7, 11) is 0. The van der Waals surface area contributed by atoms with Crippen molar-refractivity contribution in [3.8, 4) is 0 Å². The van der Waals surface area contributed by atoms with Crippen LogP contribution in [0.15, 0.2) is 11.9 Å². The molecule has 0 fully saturated rings. The van der Waals surface area contributed by atoms with Crippen LogP contribution in [0.1, 0.15) is 0 Å². The average Bonchev–Trinajstić information content (AvgIpc) is 2.34. The van der Waals surface area contributed by atoms with Crippen molar-refractivity contribution in [3.05, 3.63) is 11.9 Å². The smallest absolute Gasteiger partial charge is 0.244 e. The van der Waals surface area contributed by atoms with Gasteiger partial charge in [-0.2, -0.15) is 70.2 Å². The Bertz CT molecular complexity index is 523. The maximum atomic E-state index is 12.7. The largest absolute Gasteiger partial charge is 0.460 e. The molecule has 0 unspecified atom stereocenters. The van der Waals surface area contributed by atoms with Crippen molar-refractivity contribution in [2.45, 2.75) is 36.2 Å². The number of ether oxygens (including phenoxy) is 1. The second kappa shape index (κ2) is 6.08. The first-order chi connectivity index (χ1) is 10.6. The van der Waals surface area contributed by atoms with E-state index in [0.29, 0.717) is 0 Å². The van der Waals surface area contributed by atoms with Gasteiger partial charge in [0.15, 0.2) is 0 Å². The predicted octanol–water partition coefficient (Wildman–Crippen LogP) is 5.73. The first kappa shape index (κ1) is 23.6. The molecule has 0 rings (SSSR count). The number of hydrogen-bond donors (Lipinski definition) is 0. The minimum absolute atomic E-state index is 1.40. The van der Waals surface area contributed by atoms with Crippen molar-refractivity contribution in [1.82, 2.24) is 0 Å². The lowest BCUT2D eigenvalue weighted by molar-refractivity contribution is -0.484. The van der Waals surface area contributed by atoms with E-state index in [1.165, 1.54) is 4.74 Å². The van der Waals surface area contributed by atoms with E-state index in [4.69, 9.17) is 0 Å². The molecule has 0 amide bonds. The Balaban J connectivity index is 6.11. The summed E-state index contributed by atoms with van der Waals surface area (Å²) in [5.41, 5.74) is 0. The Kier molecular flexibility index (Phi) is 5.74. The number of hydrogen-bond acceptors (Lipinski definition) is 1. The van der Waals surface area contributed by atoms with Crippen LogP contribution in [0.4, 0.5) is 70.2 Å². The lowest BCUT2D eigenvalue weighted by atomic mass is 10.0. The Morgan fingerprint density at radius 3 is 1.16 bits per heavy atom. The van der Waals surface area contributed by atoms with E-state index in [1.807, 2.05) is 0 Å². The van der Waals surface area contributed by atoms with Crippen LogP contribution in [0.2, 0.25) is 0 Å². The molecule has 0 radical (unpaired) electrons. The minimum atomic E-state index is -8.12. The van der Waals surface area contributed by atoms with Gasteiger partial charge in [-0.1, -0.05) is 0 Å². The quantitative estimate of drug-likeness (QED) is 0.503. The van der Waals surface area contributed by atoms with E-state index >= 15 is 0 Å². The zero-order valence-electron chi connectivity index (χ0n) is 10.5. The van der Waals surface area contributed by atoms with Gasteiger partial charge in [0.1, 0.15) is 0 Å². The summed E-state index contributed by atoms with van der Waals surface area (Å²) in [6, 6.07) is 0. The van der Waals surface area contributed by atoms with Gasteiger partial charge in [0.25, 0.3) is 5.83 Å². The van der Waals surface area contributed by atoms with Crippen molar-refractivity contribution in [1.29, 1.82) is 0 Å². The van der Waals surface area contributed by atoms with E-state index in [1.54, 1.807) is 0 Å². The molecule has 0 aliphatic heterocycles. The second-order valence-corrected chi connectivity index (χ2v) is 3.93. The number of halogens is 16. The minimum Gasteiger partial charge on any atom is -0.244 e. The van der Waals surface area contributed by atoms with Crippen LogP contribution in [0.5, 0.6) is 0 Å². The summed E-state index contributed by atoms with van der Waals surface area (Å²) in [5.74, 6) is -28.4. The molecule has 17 heteroatoms. The molecule has 0 bridgehead atoms. The van der Waals surface area contributed by atoms with E-state index in [2.05, 4.69) is 0 Å². The summed E-state index contributed by atoms with van der Waals surface area (Å²) in [6.45, 7) is 0. The highest BCUT2D eigenvalue weighted by atomic mass is 19.4. The Morgan fingerprint density at radius 2 is 0.880 bits per heavy atom. The highest BCUT2D eigenvalue weighted by molar-refractivity contribution is 5.06. The summed E-state index contributed by atoms with van der Waals surface area (Å²) in [4.78, 5) is 0. The van der Waals surface area contributed by atoms with Crippen LogP contribution >= 0.6 is 0 Å². The molecule has 0 spiro atoms. The lowest BCUT2D eigenvalue weighted by Gasteiger charge is -2.37. The molecule has 0 aromatic heterocycles. The van der Waals surface area contributed by atoms with Crippen LogP contribution in [-0.2, 0) is 4.74 Å². The summed E-state index contributed by atoms with van der Waals surface area (Å²) in [6.07, 6.45) is -26.2. The Morgan fingerprint density at radius 1 is 0.520 bits per heavy atom. The van der Waals surface area contributed by atoms with Gasteiger partial charge in [0, 0.05) is 0 Å². The third-order valence-electron chi connectivity index (χ3n) is 2.19. The fourth-order valence-corrected chi connectivity index (χ4v) is 0.938. The van der Waals surface area contributed by atoms with E-state index in [9.17, 15) is 70.2 Å². The molecule has 0 aromatic rings. The number of alkyl halides is 13. The van der Waals surface area contributed by atoms with Crippen molar-refractivity contribution < 1.29 is 75.0 Å². The van der Waals surface area contributed by atoms with Gasteiger partial charge in [-0.25, -0.2) is 4.74 Å². The molecule has 25 heavy (non-hydrogen) atoms. The second-order valence-electron chi connectivity index (χ2n) is 3.93. The van der Waals surface area contributed by atoms with Crippen LogP contribution in [-0.4, -0.2) is 36.2 Å². The first-order valence-corrected chi connectivity index (χ1v) is 4.93. The normalized spacial score (nSPS) is 15.4. The molecule has 0 N–H and O–H groups in total. The van der Waals surface area contributed by atoms with Crippen molar-refractivity contribution in [3.63, 3.8) is 0 Å². The summed E-state index contributed by atoms with van der Waals surface area (Å²) in [5, 5.41) is 0. The molecular weight excluding hydrogens is 416 g/mol. The van der Waals surface area contributed by atoms with E-state index < -0.39 is 48.1 Å². The summed E-state index contributed by atoms with van der Waals surface area (Å²) < 4.78 is 197. The Hall–Kier alpha value is -1.42. The highest BCUT2D eigenvalue weighted by Crippen LogP contribution is 2.58. The van der Waals surface area contributed by atoms with Crippen molar-refractivity contribution >= 4 is 0 Å². The molecule has 150 valence electrons. The van der Waals surface area contributed by atoms with Crippen LogP contribution < -0.4 is 0 Å². The van der Waals surface area contributed by atoms with E-state index in [-0.39, 0.29) is 0 Å². The van der Waals surface area contributed by atoms with Gasteiger partial charge in [-0.15, -0.1) is 0 Å². The molecular formula is C8F16O. The van der Waals surface area contributed by atoms with Crippen LogP contribution in [0.25, 0.3) is 0 Å². The van der Waals surface area contributed by atoms with Crippen molar-refractivity contribution in [2.75, 3.05) is 0 Å². The van der Waals surface area contributed by atoms with E-state index in [0.717, 1.165) is 0 Å². The average molecular weight is 416 g/mol. The maximum absolute atomic E-state index is 12.7. The van der Waals surface area contributed by atoms with Gasteiger partial charge in [-0.3, -0.25) is 0 Å². The first-order valence-electron chi connectivity index (χ1n) is 4.93. The molecule has 0 saturated heterocycles. The summed E-state index contributed by atoms with van der Waals surface area (Å²) >= 11 is 0. The standard InChI is InChI=1S/C8F16O/c9-1(2(10)11)3(12,13)25-8(23,24)6(18,19)4(14,15)5(16,17)7(20,21)22. The predicted molar refractivity (Wildman–Crippen MR) is 42.2 cm³/mol. The third-order valence-corrected chi connectivity index (χ3v) is 2.19. The van der Waals surface area contributed by atoms with Crippen LogP contribution in [0, 0.1) is 0 Å². The molecule has 0 aromatic carbocycles. The zero-order valence-corrected chi connectivity index (χ0v) is 10.5. The van der Waals surface area contributed by atoms with Gasteiger partial charge >= 0.3 is 42.2 Å². The third kappa shape index (κ3) is 3.74. The fourth-order valence-electron chi connectivity index (χ4n) is 0.938. The van der Waals surface area contributed by atoms with Gasteiger partial charge in [0.2, 0.25) is 0 Å². The molecule has 0 aliphatic carbocycles. The van der Waals surface area contributed by atoms with Gasteiger partial charge < -0.3 is 0 Å². The Labute approximate surface area is 124 Å². The lowest BCUT2D eigenvalue weighted by Crippen LogP contribution is -2.67. The molecule has 0 heterocycles. The fraction of sp³-hybridized carbons (Fsp3) is 0.750. The van der Waals surface area contributed by atoms with Gasteiger partial charge in [-0.05, 0) is 0 Å². The number of rotatable bonds is 6.